The molecule has 0 aromatic rings. The molecule has 9 heavy (non-hydrogen) atoms. The van der Waals surface area contributed by atoms with Gasteiger partial charge in [0, 0.05) is 19.2 Å². The second kappa shape index (κ2) is 3.18. The van der Waals surface area contributed by atoms with Crippen molar-refractivity contribution in [1.29, 1.82) is 0 Å². The monoisotopic (exact) mass is 129 g/mol. The zero-order valence-electron chi connectivity index (χ0n) is 5.93. The van der Waals surface area contributed by atoms with Gasteiger partial charge in [-0.25, -0.2) is 0 Å². The number of piperidine rings is 1. The Hall–Kier alpha value is -0.0800. The Bertz CT molecular complexity index is 77.0. The highest BCUT2D eigenvalue weighted by molar-refractivity contribution is 4.73. The molecule has 2 nitrogen and oxygen atoms in total. The van der Waals surface area contributed by atoms with E-state index in [0.29, 0.717) is 18.6 Å². The summed E-state index contributed by atoms with van der Waals surface area (Å²) < 4.78 is 0. The SMILES string of the molecule is C[C@@H]1CC[C@H](CO)CN1. The van der Waals surface area contributed by atoms with Crippen LogP contribution in [0.2, 0.25) is 0 Å². The third-order valence-corrected chi connectivity index (χ3v) is 2.02. The fourth-order valence-corrected chi connectivity index (χ4v) is 1.21. The molecule has 2 heteroatoms. The van der Waals surface area contributed by atoms with Gasteiger partial charge in [-0.15, -0.1) is 0 Å². The Kier molecular flexibility index (Phi) is 2.49. The van der Waals surface area contributed by atoms with Crippen LogP contribution in [-0.4, -0.2) is 24.3 Å². The normalized spacial score (nSPS) is 36.7. The minimum absolute atomic E-state index is 0.347. The van der Waals surface area contributed by atoms with Crippen molar-refractivity contribution in [3.63, 3.8) is 0 Å². The van der Waals surface area contributed by atoms with Gasteiger partial charge in [-0.05, 0) is 25.7 Å². The maximum Gasteiger partial charge on any atom is 0.0471 e. The van der Waals surface area contributed by atoms with E-state index in [2.05, 4.69) is 12.2 Å². The standard InChI is InChI=1S/C7H15NO/c1-6-2-3-7(5-9)4-8-6/h6-9H,2-5H2,1H3/t6-,7+/m1/s1. The van der Waals surface area contributed by atoms with Crippen LogP contribution in [0, 0.1) is 5.92 Å². The molecule has 1 aliphatic heterocycles. The van der Waals surface area contributed by atoms with Crippen LogP contribution in [0.5, 0.6) is 0 Å². The maximum atomic E-state index is 8.74. The van der Waals surface area contributed by atoms with Crippen molar-refractivity contribution in [3.05, 3.63) is 0 Å². The van der Waals surface area contributed by atoms with Crippen LogP contribution in [0.4, 0.5) is 0 Å². The summed E-state index contributed by atoms with van der Waals surface area (Å²) in [7, 11) is 0. The molecule has 0 unspecified atom stereocenters. The molecular formula is C7H15NO. The van der Waals surface area contributed by atoms with Gasteiger partial charge in [0.15, 0.2) is 0 Å². The van der Waals surface area contributed by atoms with E-state index < -0.39 is 0 Å². The Morgan fingerprint density at radius 2 is 2.33 bits per heavy atom. The summed E-state index contributed by atoms with van der Waals surface area (Å²) in [5.41, 5.74) is 0. The zero-order valence-corrected chi connectivity index (χ0v) is 5.93. The molecule has 0 spiro atoms. The van der Waals surface area contributed by atoms with Crippen LogP contribution < -0.4 is 5.32 Å². The van der Waals surface area contributed by atoms with Gasteiger partial charge in [-0.1, -0.05) is 0 Å². The van der Waals surface area contributed by atoms with Crippen molar-refractivity contribution < 1.29 is 5.11 Å². The average Bonchev–Trinajstić information content (AvgIpc) is 1.90. The van der Waals surface area contributed by atoms with Crippen molar-refractivity contribution in [1.82, 2.24) is 5.32 Å². The third-order valence-electron chi connectivity index (χ3n) is 2.02. The van der Waals surface area contributed by atoms with Gasteiger partial charge < -0.3 is 10.4 Å². The van der Waals surface area contributed by atoms with E-state index >= 15 is 0 Å². The molecule has 0 radical (unpaired) electrons. The van der Waals surface area contributed by atoms with Crippen LogP contribution in [-0.2, 0) is 0 Å². The van der Waals surface area contributed by atoms with Gasteiger partial charge in [0.25, 0.3) is 0 Å². The molecule has 2 N–H and O–H groups in total. The highest BCUT2D eigenvalue weighted by Gasteiger charge is 2.15. The molecule has 0 aromatic heterocycles. The first-order chi connectivity index (χ1) is 4.33. The molecule has 54 valence electrons. The van der Waals surface area contributed by atoms with E-state index in [-0.39, 0.29) is 0 Å². The number of aliphatic hydroxyl groups excluding tert-OH is 1. The van der Waals surface area contributed by atoms with Crippen LogP contribution in [0.25, 0.3) is 0 Å². The highest BCUT2D eigenvalue weighted by atomic mass is 16.3. The van der Waals surface area contributed by atoms with Crippen molar-refractivity contribution >= 4 is 0 Å². The highest BCUT2D eigenvalue weighted by Crippen LogP contribution is 2.12. The number of hydrogen-bond acceptors (Lipinski definition) is 2. The molecule has 0 aromatic carbocycles. The number of rotatable bonds is 1. The Balaban J connectivity index is 2.18. The predicted octanol–water partition coefficient (Wildman–Crippen LogP) is 0.367. The minimum Gasteiger partial charge on any atom is -0.396 e. The van der Waals surface area contributed by atoms with Crippen molar-refractivity contribution in [2.75, 3.05) is 13.2 Å². The van der Waals surface area contributed by atoms with Crippen molar-refractivity contribution in [3.8, 4) is 0 Å². The van der Waals surface area contributed by atoms with Gasteiger partial charge >= 0.3 is 0 Å². The second-order valence-electron chi connectivity index (χ2n) is 2.94. The van der Waals surface area contributed by atoms with Gasteiger partial charge in [-0.3, -0.25) is 0 Å². The summed E-state index contributed by atoms with van der Waals surface area (Å²) in [5.74, 6) is 0.515. The van der Waals surface area contributed by atoms with Gasteiger partial charge in [0.2, 0.25) is 0 Å². The third kappa shape index (κ3) is 1.95. The van der Waals surface area contributed by atoms with Gasteiger partial charge in [0.05, 0.1) is 0 Å². The summed E-state index contributed by atoms with van der Waals surface area (Å²) >= 11 is 0. The van der Waals surface area contributed by atoms with Gasteiger partial charge in [-0.2, -0.15) is 0 Å². The lowest BCUT2D eigenvalue weighted by Crippen LogP contribution is -2.38. The summed E-state index contributed by atoms with van der Waals surface area (Å²) in [5, 5.41) is 12.1. The predicted molar refractivity (Wildman–Crippen MR) is 37.3 cm³/mol. The Morgan fingerprint density at radius 3 is 2.78 bits per heavy atom. The molecule has 0 amide bonds. The fraction of sp³-hybridized carbons (Fsp3) is 1.00. The lowest BCUT2D eigenvalue weighted by molar-refractivity contribution is 0.186. The summed E-state index contributed by atoms with van der Waals surface area (Å²) in [6.07, 6.45) is 2.40. The van der Waals surface area contributed by atoms with E-state index in [9.17, 15) is 0 Å². The summed E-state index contributed by atoms with van der Waals surface area (Å²) in [4.78, 5) is 0. The largest absolute Gasteiger partial charge is 0.396 e. The first-order valence-corrected chi connectivity index (χ1v) is 3.67. The van der Waals surface area contributed by atoms with E-state index in [1.807, 2.05) is 0 Å². The maximum absolute atomic E-state index is 8.74. The number of hydrogen-bond donors (Lipinski definition) is 2. The molecule has 0 saturated carbocycles. The van der Waals surface area contributed by atoms with E-state index in [1.165, 1.54) is 12.8 Å². The van der Waals surface area contributed by atoms with Crippen molar-refractivity contribution in [2.45, 2.75) is 25.8 Å². The number of aliphatic hydroxyl groups is 1. The molecule has 1 fully saturated rings. The molecule has 2 atom stereocenters. The molecule has 1 aliphatic rings. The quantitative estimate of drug-likeness (QED) is 0.536. The molecule has 1 heterocycles. The van der Waals surface area contributed by atoms with Crippen LogP contribution in [0.3, 0.4) is 0 Å². The lowest BCUT2D eigenvalue weighted by Gasteiger charge is -2.25. The Morgan fingerprint density at radius 1 is 1.56 bits per heavy atom. The summed E-state index contributed by atoms with van der Waals surface area (Å²) in [6.45, 7) is 3.53. The Labute approximate surface area is 56.3 Å². The smallest absolute Gasteiger partial charge is 0.0471 e. The first-order valence-electron chi connectivity index (χ1n) is 3.67. The van der Waals surface area contributed by atoms with Crippen LogP contribution >= 0.6 is 0 Å². The zero-order chi connectivity index (χ0) is 6.69. The van der Waals surface area contributed by atoms with Crippen LogP contribution in [0.15, 0.2) is 0 Å². The molecular weight excluding hydrogens is 114 g/mol. The number of nitrogens with one attached hydrogen (secondary N) is 1. The minimum atomic E-state index is 0.347. The fourth-order valence-electron chi connectivity index (χ4n) is 1.21. The topological polar surface area (TPSA) is 32.3 Å². The van der Waals surface area contributed by atoms with Crippen LogP contribution in [0.1, 0.15) is 19.8 Å². The summed E-state index contributed by atoms with van der Waals surface area (Å²) in [6, 6.07) is 0.660. The van der Waals surface area contributed by atoms with Crippen molar-refractivity contribution in [2.24, 2.45) is 5.92 Å². The lowest BCUT2D eigenvalue weighted by atomic mass is 9.96. The average molecular weight is 129 g/mol. The van der Waals surface area contributed by atoms with E-state index in [1.54, 1.807) is 0 Å². The molecule has 1 saturated heterocycles. The van der Waals surface area contributed by atoms with Gasteiger partial charge in [0.1, 0.15) is 0 Å². The molecule has 0 aliphatic carbocycles. The second-order valence-corrected chi connectivity index (χ2v) is 2.94. The van der Waals surface area contributed by atoms with E-state index in [4.69, 9.17) is 5.11 Å². The molecule has 1 rings (SSSR count). The van der Waals surface area contributed by atoms with E-state index in [0.717, 1.165) is 6.54 Å². The first kappa shape index (κ1) is 7.03. The molecule has 0 bridgehead atoms.